The van der Waals surface area contributed by atoms with Crippen molar-refractivity contribution < 1.29 is 0 Å². The number of rotatable bonds is 1. The Hall–Kier alpha value is -2.55. The molecule has 3 rings (SSSR count). The van der Waals surface area contributed by atoms with Gasteiger partial charge in [0.05, 0.1) is 0 Å². The zero-order chi connectivity index (χ0) is 12.5. The monoisotopic (exact) mass is 236 g/mol. The van der Waals surface area contributed by atoms with Gasteiger partial charge in [-0.1, -0.05) is 30.3 Å². The maximum absolute atomic E-state index is 12.0. The third kappa shape index (κ3) is 1.76. The van der Waals surface area contributed by atoms with Crippen molar-refractivity contribution in [3.8, 4) is 11.1 Å². The number of nitrogens with one attached hydrogen (secondary N) is 1. The Labute approximate surface area is 104 Å². The summed E-state index contributed by atoms with van der Waals surface area (Å²) in [6.45, 7) is 0. The average Bonchev–Trinajstić information content (AvgIpc) is 2.39. The third-order valence-corrected chi connectivity index (χ3v) is 2.98. The number of para-hydroxylation sites is 1. The minimum absolute atomic E-state index is 0.0847. The van der Waals surface area contributed by atoms with Crippen molar-refractivity contribution in [1.82, 2.24) is 4.98 Å². The van der Waals surface area contributed by atoms with E-state index in [0.29, 0.717) is 11.3 Å². The fourth-order valence-corrected chi connectivity index (χ4v) is 2.02. The zero-order valence-electron chi connectivity index (χ0n) is 9.68. The van der Waals surface area contributed by atoms with Crippen LogP contribution < -0.4 is 11.3 Å². The highest BCUT2D eigenvalue weighted by atomic mass is 16.1. The highest BCUT2D eigenvalue weighted by molar-refractivity contribution is 5.83. The molecule has 0 atom stereocenters. The van der Waals surface area contributed by atoms with Crippen LogP contribution >= 0.6 is 0 Å². The number of nitrogen functional groups attached to an aromatic ring is 1. The normalized spacial score (nSPS) is 10.7. The highest BCUT2D eigenvalue weighted by Crippen LogP contribution is 2.20. The van der Waals surface area contributed by atoms with Crippen molar-refractivity contribution in [2.24, 2.45) is 0 Å². The van der Waals surface area contributed by atoms with Crippen molar-refractivity contribution >= 4 is 16.6 Å². The molecule has 18 heavy (non-hydrogen) atoms. The molecule has 0 saturated carbocycles. The van der Waals surface area contributed by atoms with Crippen molar-refractivity contribution in [3.05, 3.63) is 65.0 Å². The number of aromatic amines is 1. The molecule has 0 aliphatic heterocycles. The van der Waals surface area contributed by atoms with Crippen LogP contribution in [-0.2, 0) is 0 Å². The molecule has 2 aromatic carbocycles. The molecule has 1 aromatic heterocycles. The summed E-state index contributed by atoms with van der Waals surface area (Å²) in [6.07, 6.45) is 0. The summed E-state index contributed by atoms with van der Waals surface area (Å²) in [7, 11) is 0. The predicted molar refractivity (Wildman–Crippen MR) is 74.4 cm³/mol. The molecule has 3 heteroatoms. The Kier molecular flexibility index (Phi) is 2.38. The summed E-state index contributed by atoms with van der Waals surface area (Å²) >= 11 is 0. The van der Waals surface area contributed by atoms with E-state index in [1.54, 1.807) is 12.1 Å². The fourth-order valence-electron chi connectivity index (χ4n) is 2.02. The van der Waals surface area contributed by atoms with Crippen LogP contribution in [0, 0.1) is 0 Å². The minimum atomic E-state index is -0.0847. The molecular weight excluding hydrogens is 224 g/mol. The second kappa shape index (κ2) is 4.04. The summed E-state index contributed by atoms with van der Waals surface area (Å²) < 4.78 is 0. The van der Waals surface area contributed by atoms with Gasteiger partial charge in [0.1, 0.15) is 0 Å². The molecule has 1 heterocycles. The van der Waals surface area contributed by atoms with Gasteiger partial charge in [-0.05, 0) is 35.2 Å². The Morgan fingerprint density at radius 1 is 0.944 bits per heavy atom. The molecule has 88 valence electrons. The van der Waals surface area contributed by atoms with Crippen LogP contribution in [-0.4, -0.2) is 4.98 Å². The van der Waals surface area contributed by atoms with Gasteiger partial charge in [0.25, 0.3) is 5.56 Å². The van der Waals surface area contributed by atoms with Crippen molar-refractivity contribution in [3.63, 3.8) is 0 Å². The Morgan fingerprint density at radius 3 is 2.44 bits per heavy atom. The molecule has 0 radical (unpaired) electrons. The first-order chi connectivity index (χ1) is 8.74. The number of fused-ring (bicyclic) bond motifs is 1. The lowest BCUT2D eigenvalue weighted by atomic mass is 10.0. The standard InChI is InChI=1S/C15H12N2O/c16-12-7-5-10(6-8-12)13-9-11-3-1-2-4-14(11)17-15(13)18/h1-9H,16H2,(H,17,18). The van der Waals surface area contributed by atoms with Gasteiger partial charge in [0, 0.05) is 16.8 Å². The zero-order valence-corrected chi connectivity index (χ0v) is 9.68. The number of nitrogens with two attached hydrogens (primary N) is 1. The highest BCUT2D eigenvalue weighted by Gasteiger charge is 2.04. The van der Waals surface area contributed by atoms with Gasteiger partial charge in [0.2, 0.25) is 0 Å². The fraction of sp³-hybridized carbons (Fsp3) is 0. The molecule has 0 bridgehead atoms. The van der Waals surface area contributed by atoms with E-state index in [-0.39, 0.29) is 5.56 Å². The second-order valence-corrected chi connectivity index (χ2v) is 4.22. The molecule has 0 fully saturated rings. The van der Waals surface area contributed by atoms with Crippen LogP contribution in [0.3, 0.4) is 0 Å². The number of hydrogen-bond donors (Lipinski definition) is 2. The average molecular weight is 236 g/mol. The predicted octanol–water partition coefficient (Wildman–Crippen LogP) is 2.78. The van der Waals surface area contributed by atoms with E-state index in [1.807, 2.05) is 42.5 Å². The van der Waals surface area contributed by atoms with Crippen LogP contribution in [0.5, 0.6) is 0 Å². The van der Waals surface area contributed by atoms with Gasteiger partial charge in [0.15, 0.2) is 0 Å². The SMILES string of the molecule is Nc1ccc(-c2cc3ccccc3[nH]c2=O)cc1. The number of benzene rings is 2. The van der Waals surface area contributed by atoms with Gasteiger partial charge in [-0.2, -0.15) is 0 Å². The molecule has 0 saturated heterocycles. The number of hydrogen-bond acceptors (Lipinski definition) is 2. The number of H-pyrrole nitrogens is 1. The first-order valence-electron chi connectivity index (χ1n) is 5.72. The molecule has 0 aliphatic rings. The van der Waals surface area contributed by atoms with Gasteiger partial charge >= 0.3 is 0 Å². The van der Waals surface area contributed by atoms with E-state index in [1.165, 1.54) is 0 Å². The van der Waals surface area contributed by atoms with E-state index < -0.39 is 0 Å². The van der Waals surface area contributed by atoms with Gasteiger partial charge in [-0.3, -0.25) is 4.79 Å². The number of pyridine rings is 1. The number of anilines is 1. The first-order valence-corrected chi connectivity index (χ1v) is 5.72. The largest absolute Gasteiger partial charge is 0.399 e. The lowest BCUT2D eigenvalue weighted by Crippen LogP contribution is -2.08. The van der Waals surface area contributed by atoms with E-state index >= 15 is 0 Å². The van der Waals surface area contributed by atoms with E-state index in [9.17, 15) is 4.79 Å². The number of aromatic nitrogens is 1. The molecule has 0 spiro atoms. The summed E-state index contributed by atoms with van der Waals surface area (Å²) in [5.41, 5.74) is 8.63. The summed E-state index contributed by atoms with van der Waals surface area (Å²) in [6, 6.07) is 16.9. The summed E-state index contributed by atoms with van der Waals surface area (Å²) in [4.78, 5) is 14.9. The van der Waals surface area contributed by atoms with Gasteiger partial charge in [-0.15, -0.1) is 0 Å². The Balaban J connectivity index is 2.26. The molecule has 0 unspecified atom stereocenters. The topological polar surface area (TPSA) is 58.9 Å². The summed E-state index contributed by atoms with van der Waals surface area (Å²) in [5.74, 6) is 0. The maximum atomic E-state index is 12.0. The van der Waals surface area contributed by atoms with Crippen molar-refractivity contribution in [2.75, 3.05) is 5.73 Å². The van der Waals surface area contributed by atoms with Crippen molar-refractivity contribution in [1.29, 1.82) is 0 Å². The van der Waals surface area contributed by atoms with E-state index in [4.69, 9.17) is 5.73 Å². The smallest absolute Gasteiger partial charge is 0.256 e. The second-order valence-electron chi connectivity index (χ2n) is 4.22. The maximum Gasteiger partial charge on any atom is 0.256 e. The lowest BCUT2D eigenvalue weighted by Gasteiger charge is -2.03. The Bertz CT molecular complexity index is 757. The Morgan fingerprint density at radius 2 is 1.67 bits per heavy atom. The van der Waals surface area contributed by atoms with Gasteiger partial charge < -0.3 is 10.7 Å². The summed E-state index contributed by atoms with van der Waals surface area (Å²) in [5, 5.41) is 1.02. The van der Waals surface area contributed by atoms with Crippen LogP contribution in [0.25, 0.3) is 22.0 Å². The van der Waals surface area contributed by atoms with Crippen molar-refractivity contribution in [2.45, 2.75) is 0 Å². The van der Waals surface area contributed by atoms with Gasteiger partial charge in [-0.25, -0.2) is 0 Å². The van der Waals surface area contributed by atoms with Crippen LogP contribution in [0.1, 0.15) is 0 Å². The molecule has 3 N–H and O–H groups in total. The molecule has 3 nitrogen and oxygen atoms in total. The van der Waals surface area contributed by atoms with Crippen LogP contribution in [0.2, 0.25) is 0 Å². The quantitative estimate of drug-likeness (QED) is 0.638. The third-order valence-electron chi connectivity index (χ3n) is 2.98. The molecular formula is C15H12N2O. The molecule has 0 amide bonds. The van der Waals surface area contributed by atoms with E-state index in [2.05, 4.69) is 4.98 Å². The first kappa shape index (κ1) is 10.6. The molecule has 3 aromatic rings. The minimum Gasteiger partial charge on any atom is -0.399 e. The molecule has 0 aliphatic carbocycles. The van der Waals surface area contributed by atoms with Crippen LogP contribution in [0.15, 0.2) is 59.4 Å². The lowest BCUT2D eigenvalue weighted by molar-refractivity contribution is 1.31. The van der Waals surface area contributed by atoms with Crippen LogP contribution in [0.4, 0.5) is 5.69 Å². The van der Waals surface area contributed by atoms with E-state index in [0.717, 1.165) is 16.5 Å².